The fourth-order valence-corrected chi connectivity index (χ4v) is 2.88. The zero-order valence-corrected chi connectivity index (χ0v) is 10.7. The first-order valence-corrected chi connectivity index (χ1v) is 6.75. The molecule has 1 aromatic rings. The van der Waals surface area contributed by atoms with Crippen molar-refractivity contribution >= 4 is 5.69 Å². The van der Waals surface area contributed by atoms with E-state index < -0.39 is 16.4 Å². The van der Waals surface area contributed by atoms with E-state index in [9.17, 15) is 14.5 Å². The van der Waals surface area contributed by atoms with Gasteiger partial charge in [-0.3, -0.25) is 10.1 Å². The molecule has 1 aromatic carbocycles. The van der Waals surface area contributed by atoms with Crippen molar-refractivity contribution in [1.29, 1.82) is 0 Å². The Balaban J connectivity index is 1.60. The van der Waals surface area contributed by atoms with E-state index >= 15 is 0 Å². The maximum absolute atomic E-state index is 13.8. The van der Waals surface area contributed by atoms with Crippen LogP contribution in [0.25, 0.3) is 0 Å². The Hall–Kier alpha value is -1.49. The summed E-state index contributed by atoms with van der Waals surface area (Å²) >= 11 is 0. The minimum Gasteiger partial charge on any atom is -0.312 e. The summed E-state index contributed by atoms with van der Waals surface area (Å²) < 4.78 is 13.8. The van der Waals surface area contributed by atoms with Gasteiger partial charge >= 0.3 is 5.69 Å². The molecule has 0 bridgehead atoms. The molecule has 2 fully saturated rings. The molecule has 102 valence electrons. The van der Waals surface area contributed by atoms with E-state index in [0.717, 1.165) is 12.5 Å². The number of hydrogen-bond donors (Lipinski definition) is 1. The number of halogens is 1. The Morgan fingerprint density at radius 2 is 2.16 bits per heavy atom. The minimum absolute atomic E-state index is 0.363. The Labute approximate surface area is 111 Å². The van der Waals surface area contributed by atoms with Crippen molar-refractivity contribution in [3.63, 3.8) is 0 Å². The maximum Gasteiger partial charge on any atom is 0.305 e. The van der Waals surface area contributed by atoms with Crippen LogP contribution in [0.3, 0.4) is 0 Å². The van der Waals surface area contributed by atoms with Gasteiger partial charge in [0, 0.05) is 24.7 Å². The van der Waals surface area contributed by atoms with Gasteiger partial charge in [-0.1, -0.05) is 12.1 Å². The van der Waals surface area contributed by atoms with Crippen LogP contribution >= 0.6 is 0 Å². The van der Waals surface area contributed by atoms with Gasteiger partial charge in [0.15, 0.2) is 0 Å². The second kappa shape index (κ2) is 4.56. The van der Waals surface area contributed by atoms with Crippen molar-refractivity contribution in [2.24, 2.45) is 11.3 Å². The average Bonchev–Trinajstić information content (AvgIpc) is 3.25. The summed E-state index contributed by atoms with van der Waals surface area (Å²) in [6.45, 7) is 1.27. The monoisotopic (exact) mass is 264 g/mol. The molecular weight excluding hydrogens is 247 g/mol. The highest BCUT2D eigenvalue weighted by molar-refractivity contribution is 5.36. The average molecular weight is 264 g/mol. The standard InChI is InChI=1S/C14H17FN2O2/c15-13-10(2-1-3-12(13)17(18)19)8-16-9-14(6-7-14)11-4-5-11/h1-3,11,16H,4-9H2. The van der Waals surface area contributed by atoms with Gasteiger partial charge in [-0.25, -0.2) is 0 Å². The topological polar surface area (TPSA) is 55.2 Å². The van der Waals surface area contributed by atoms with Gasteiger partial charge < -0.3 is 5.32 Å². The minimum atomic E-state index is -0.712. The van der Waals surface area contributed by atoms with Crippen molar-refractivity contribution in [2.45, 2.75) is 32.2 Å². The van der Waals surface area contributed by atoms with E-state index in [1.54, 1.807) is 6.07 Å². The van der Waals surface area contributed by atoms with Crippen molar-refractivity contribution in [1.82, 2.24) is 5.32 Å². The van der Waals surface area contributed by atoms with Crippen LogP contribution in [0.2, 0.25) is 0 Å². The van der Waals surface area contributed by atoms with Gasteiger partial charge in [-0.2, -0.15) is 4.39 Å². The molecule has 0 unspecified atom stereocenters. The van der Waals surface area contributed by atoms with Crippen LogP contribution in [0.1, 0.15) is 31.2 Å². The molecular formula is C14H17FN2O2. The zero-order chi connectivity index (χ0) is 13.5. The molecule has 0 radical (unpaired) electrons. The molecule has 2 saturated carbocycles. The molecule has 5 heteroatoms. The summed E-state index contributed by atoms with van der Waals surface area (Å²) in [6.07, 6.45) is 5.18. The first-order chi connectivity index (χ1) is 9.12. The van der Waals surface area contributed by atoms with Crippen LogP contribution in [0.4, 0.5) is 10.1 Å². The van der Waals surface area contributed by atoms with Crippen LogP contribution in [0.15, 0.2) is 18.2 Å². The van der Waals surface area contributed by atoms with Crippen molar-refractivity contribution in [3.05, 3.63) is 39.7 Å². The molecule has 0 amide bonds. The zero-order valence-electron chi connectivity index (χ0n) is 10.7. The van der Waals surface area contributed by atoms with Crippen molar-refractivity contribution < 1.29 is 9.31 Å². The number of hydrogen-bond acceptors (Lipinski definition) is 3. The molecule has 0 spiro atoms. The summed E-state index contributed by atoms with van der Waals surface area (Å²) in [4.78, 5) is 9.98. The van der Waals surface area contributed by atoms with Crippen molar-refractivity contribution in [3.8, 4) is 0 Å². The van der Waals surface area contributed by atoms with Crippen LogP contribution in [-0.4, -0.2) is 11.5 Å². The predicted octanol–water partition coefficient (Wildman–Crippen LogP) is 3.01. The number of nitro groups is 1. The van der Waals surface area contributed by atoms with E-state index in [0.29, 0.717) is 17.5 Å². The Kier molecular flexibility index (Phi) is 3.01. The third-order valence-electron chi connectivity index (χ3n) is 4.38. The van der Waals surface area contributed by atoms with Gasteiger partial charge in [0.1, 0.15) is 0 Å². The molecule has 1 N–H and O–H groups in total. The lowest BCUT2D eigenvalue weighted by Crippen LogP contribution is -2.25. The summed E-state index contributed by atoms with van der Waals surface area (Å²) in [6, 6.07) is 4.34. The van der Waals surface area contributed by atoms with Crippen LogP contribution in [-0.2, 0) is 6.54 Å². The van der Waals surface area contributed by atoms with Gasteiger partial charge in [-0.05, 0) is 37.0 Å². The lowest BCUT2D eigenvalue weighted by molar-refractivity contribution is -0.387. The Morgan fingerprint density at radius 1 is 1.42 bits per heavy atom. The first kappa shape index (κ1) is 12.5. The molecule has 0 aliphatic heterocycles. The fourth-order valence-electron chi connectivity index (χ4n) is 2.88. The predicted molar refractivity (Wildman–Crippen MR) is 69.2 cm³/mol. The Morgan fingerprint density at radius 3 is 2.74 bits per heavy atom. The molecule has 4 nitrogen and oxygen atoms in total. The van der Waals surface area contributed by atoms with Gasteiger partial charge in [0.25, 0.3) is 0 Å². The molecule has 2 aliphatic carbocycles. The van der Waals surface area contributed by atoms with E-state index in [1.807, 2.05) is 0 Å². The highest BCUT2D eigenvalue weighted by atomic mass is 19.1. The number of benzene rings is 1. The third kappa shape index (κ3) is 2.47. The summed E-state index contributed by atoms with van der Waals surface area (Å²) in [5.41, 5.74) is 0.389. The summed E-state index contributed by atoms with van der Waals surface area (Å²) in [5, 5.41) is 13.9. The second-order valence-electron chi connectivity index (χ2n) is 5.75. The normalized spacial score (nSPS) is 20.3. The largest absolute Gasteiger partial charge is 0.312 e. The van der Waals surface area contributed by atoms with E-state index in [4.69, 9.17) is 0 Å². The SMILES string of the molecule is O=[N+]([O-])c1cccc(CNCC2(C3CC3)CC2)c1F. The molecule has 19 heavy (non-hydrogen) atoms. The van der Waals surface area contributed by atoms with Gasteiger partial charge in [-0.15, -0.1) is 0 Å². The lowest BCUT2D eigenvalue weighted by Gasteiger charge is -2.15. The highest BCUT2D eigenvalue weighted by Crippen LogP contribution is 2.60. The third-order valence-corrected chi connectivity index (χ3v) is 4.38. The lowest BCUT2D eigenvalue weighted by atomic mass is 10.0. The molecule has 0 saturated heterocycles. The first-order valence-electron chi connectivity index (χ1n) is 6.75. The van der Waals surface area contributed by atoms with Gasteiger partial charge in [0.05, 0.1) is 4.92 Å². The molecule has 0 heterocycles. The quantitative estimate of drug-likeness (QED) is 0.634. The molecule has 2 aliphatic rings. The number of nitrogens with zero attached hydrogens (tertiary/aromatic N) is 1. The van der Waals surface area contributed by atoms with Gasteiger partial charge in [0.2, 0.25) is 5.82 Å². The van der Waals surface area contributed by atoms with E-state index in [1.165, 1.54) is 37.8 Å². The maximum atomic E-state index is 13.8. The molecule has 0 aromatic heterocycles. The van der Waals surface area contributed by atoms with Crippen LogP contribution in [0, 0.1) is 27.3 Å². The Bertz CT molecular complexity index is 510. The highest BCUT2D eigenvalue weighted by Gasteiger charge is 2.53. The number of nitrogens with one attached hydrogen (secondary N) is 1. The fraction of sp³-hybridized carbons (Fsp3) is 0.571. The van der Waals surface area contributed by atoms with Crippen molar-refractivity contribution in [2.75, 3.05) is 6.54 Å². The number of rotatable bonds is 6. The second-order valence-corrected chi connectivity index (χ2v) is 5.75. The number of nitro benzene ring substituents is 1. The van der Waals surface area contributed by atoms with E-state index in [2.05, 4.69) is 5.32 Å². The smallest absolute Gasteiger partial charge is 0.305 e. The molecule has 0 atom stereocenters. The summed E-state index contributed by atoms with van der Waals surface area (Å²) in [7, 11) is 0. The van der Waals surface area contributed by atoms with Crippen LogP contribution < -0.4 is 5.32 Å². The summed E-state index contributed by atoms with van der Waals surface area (Å²) in [5.74, 6) is 0.145. The molecule has 3 rings (SSSR count). The van der Waals surface area contributed by atoms with Crippen LogP contribution in [0.5, 0.6) is 0 Å². The van der Waals surface area contributed by atoms with E-state index in [-0.39, 0.29) is 0 Å².